The van der Waals surface area contributed by atoms with E-state index in [0.29, 0.717) is 10.7 Å². The summed E-state index contributed by atoms with van der Waals surface area (Å²) >= 11 is 0.924. The lowest BCUT2D eigenvalue weighted by Crippen LogP contribution is -1.99. The number of nitrogens with zero attached hydrogens (tertiary/aromatic N) is 2. The van der Waals surface area contributed by atoms with Gasteiger partial charge in [-0.1, -0.05) is 12.1 Å². The van der Waals surface area contributed by atoms with Crippen molar-refractivity contribution >= 4 is 21.4 Å². The predicted molar refractivity (Wildman–Crippen MR) is 50.8 cm³/mol. The number of fused-ring (bicyclic) bond motifs is 5. The molecule has 0 N–H and O–H groups in total. The van der Waals surface area contributed by atoms with Gasteiger partial charge in [-0.25, -0.2) is 13.4 Å². The molecule has 0 aliphatic carbocycles. The minimum absolute atomic E-state index is 0.0775. The Hall–Kier alpha value is -1.27. The maximum absolute atomic E-state index is 11.8. The third kappa shape index (κ3) is 0.893. The molecule has 1 aliphatic heterocycles. The van der Waals surface area contributed by atoms with E-state index in [2.05, 4.69) is 9.36 Å². The van der Waals surface area contributed by atoms with Crippen LogP contribution in [0, 0.1) is 0 Å². The maximum Gasteiger partial charge on any atom is 0.235 e. The molecule has 0 fully saturated rings. The Kier molecular flexibility index (Phi) is 1.38. The third-order valence-corrected chi connectivity index (χ3v) is 4.86. The van der Waals surface area contributed by atoms with Crippen LogP contribution in [0.25, 0.3) is 11.4 Å². The lowest BCUT2D eigenvalue weighted by molar-refractivity contribution is 0.596. The first-order valence-corrected chi connectivity index (χ1v) is 6.13. The molecule has 1 aliphatic rings. The zero-order valence-corrected chi connectivity index (χ0v) is 8.47. The molecule has 6 heteroatoms. The molecule has 2 aromatic rings. The minimum Gasteiger partial charge on any atom is -0.216 e. The molecule has 0 radical (unpaired) electrons. The Bertz CT molecular complexity index is 616. The summed E-state index contributed by atoms with van der Waals surface area (Å²) in [7, 11) is -3.41. The number of hydrogen-bond acceptors (Lipinski definition) is 5. The fourth-order valence-corrected chi connectivity index (χ4v) is 3.52. The average Bonchev–Trinajstić information content (AvgIpc) is 2.65. The van der Waals surface area contributed by atoms with Gasteiger partial charge < -0.3 is 0 Å². The van der Waals surface area contributed by atoms with E-state index in [4.69, 9.17) is 0 Å². The van der Waals surface area contributed by atoms with Crippen LogP contribution in [0.1, 0.15) is 0 Å². The summed E-state index contributed by atoms with van der Waals surface area (Å²) in [5, 5.41) is 0. The Morgan fingerprint density at radius 2 is 2.14 bits per heavy atom. The zero-order chi connectivity index (χ0) is 9.76. The van der Waals surface area contributed by atoms with Crippen LogP contribution in [0.2, 0.25) is 0 Å². The second-order valence-corrected chi connectivity index (χ2v) is 5.79. The number of sulfone groups is 1. The molecular formula is C8H4N2O2S2. The first-order valence-electron chi connectivity index (χ1n) is 3.87. The number of aromatic nitrogens is 2. The fourth-order valence-electron chi connectivity index (χ4n) is 1.34. The summed E-state index contributed by atoms with van der Waals surface area (Å²) < 4.78 is 27.7. The van der Waals surface area contributed by atoms with Gasteiger partial charge in [0.25, 0.3) is 0 Å². The summed E-state index contributed by atoms with van der Waals surface area (Å²) in [5.74, 6) is 0.493. The van der Waals surface area contributed by atoms with Crippen molar-refractivity contribution in [1.29, 1.82) is 0 Å². The summed E-state index contributed by atoms with van der Waals surface area (Å²) in [5.41, 5.74) is 0.756. The van der Waals surface area contributed by atoms with Gasteiger partial charge in [0.2, 0.25) is 14.2 Å². The largest absolute Gasteiger partial charge is 0.235 e. The molecule has 1 aromatic heterocycles. The number of rotatable bonds is 0. The highest BCUT2D eigenvalue weighted by Gasteiger charge is 2.26. The monoisotopic (exact) mass is 224 g/mol. The number of hydrogen-bond donors (Lipinski definition) is 0. The van der Waals surface area contributed by atoms with Crippen molar-refractivity contribution in [3.63, 3.8) is 0 Å². The molecule has 14 heavy (non-hydrogen) atoms. The first-order chi connectivity index (χ1) is 6.68. The third-order valence-electron chi connectivity index (χ3n) is 2.04. The van der Waals surface area contributed by atoms with Gasteiger partial charge in [-0.15, -0.1) is 0 Å². The highest BCUT2D eigenvalue weighted by atomic mass is 32.2. The van der Waals surface area contributed by atoms with E-state index in [1.807, 2.05) is 0 Å². The van der Waals surface area contributed by atoms with Crippen LogP contribution < -0.4 is 0 Å². The van der Waals surface area contributed by atoms with Crippen LogP contribution in [0.15, 0.2) is 33.5 Å². The molecule has 0 saturated heterocycles. The van der Waals surface area contributed by atoms with Crippen molar-refractivity contribution in [3.05, 3.63) is 24.3 Å². The molecule has 1 aromatic carbocycles. The second kappa shape index (κ2) is 2.40. The van der Waals surface area contributed by atoms with E-state index in [9.17, 15) is 8.42 Å². The number of benzene rings is 1. The van der Waals surface area contributed by atoms with Crippen LogP contribution in [0.4, 0.5) is 0 Å². The average molecular weight is 224 g/mol. The summed E-state index contributed by atoms with van der Waals surface area (Å²) in [6, 6.07) is 6.68. The minimum atomic E-state index is -3.41. The highest BCUT2D eigenvalue weighted by molar-refractivity contribution is 7.93. The van der Waals surface area contributed by atoms with Crippen LogP contribution in [-0.4, -0.2) is 17.8 Å². The molecule has 0 unspecified atom stereocenters. The van der Waals surface area contributed by atoms with Crippen molar-refractivity contribution in [2.45, 2.75) is 9.24 Å². The van der Waals surface area contributed by atoms with E-state index in [1.165, 1.54) is 0 Å². The predicted octanol–water partition coefficient (Wildman–Crippen LogP) is 1.35. The summed E-state index contributed by atoms with van der Waals surface area (Å²) in [6.07, 6.45) is 0. The normalized spacial score (nSPS) is 16.3. The Morgan fingerprint density at radius 1 is 1.29 bits per heavy atom. The van der Waals surface area contributed by atoms with Crippen LogP contribution in [0.3, 0.4) is 0 Å². The van der Waals surface area contributed by atoms with Gasteiger partial charge in [-0.3, -0.25) is 0 Å². The standard InChI is InChI=1S/C8H4N2O2S2/c11-14(12)6-3-1-2-5(4-6)7-9-8(14)13-10-7/h1-4H. The molecule has 2 heterocycles. The van der Waals surface area contributed by atoms with E-state index in [1.54, 1.807) is 24.3 Å². The Morgan fingerprint density at radius 3 is 3.00 bits per heavy atom. The van der Waals surface area contributed by atoms with Gasteiger partial charge in [-0.05, 0) is 23.7 Å². The van der Waals surface area contributed by atoms with Gasteiger partial charge in [0.1, 0.15) is 0 Å². The molecule has 3 rings (SSSR count). The lowest BCUT2D eigenvalue weighted by atomic mass is 10.2. The Balaban J connectivity index is 2.56. The van der Waals surface area contributed by atoms with Gasteiger partial charge in [0.15, 0.2) is 5.82 Å². The fraction of sp³-hybridized carbons (Fsp3) is 0. The highest BCUT2D eigenvalue weighted by Crippen LogP contribution is 2.31. The maximum atomic E-state index is 11.8. The second-order valence-electron chi connectivity index (χ2n) is 2.92. The van der Waals surface area contributed by atoms with Crippen molar-refractivity contribution in [2.75, 3.05) is 0 Å². The van der Waals surface area contributed by atoms with Crippen LogP contribution in [0.5, 0.6) is 0 Å². The van der Waals surface area contributed by atoms with Gasteiger partial charge >= 0.3 is 0 Å². The molecule has 70 valence electrons. The molecule has 4 bridgehead atoms. The molecule has 0 spiro atoms. The van der Waals surface area contributed by atoms with Crippen molar-refractivity contribution in [3.8, 4) is 11.4 Å². The topological polar surface area (TPSA) is 59.9 Å². The summed E-state index contributed by atoms with van der Waals surface area (Å²) in [6.45, 7) is 0. The van der Waals surface area contributed by atoms with E-state index in [-0.39, 0.29) is 4.34 Å². The van der Waals surface area contributed by atoms with E-state index >= 15 is 0 Å². The smallest absolute Gasteiger partial charge is 0.216 e. The first kappa shape index (κ1) is 8.07. The van der Waals surface area contributed by atoms with E-state index < -0.39 is 9.84 Å². The molecule has 0 amide bonds. The SMILES string of the molecule is O=S1(=O)c2cccc(c2)-c2nsc1n2. The summed E-state index contributed by atoms with van der Waals surface area (Å²) in [4.78, 5) is 4.26. The molecule has 0 saturated carbocycles. The molecule has 4 nitrogen and oxygen atoms in total. The van der Waals surface area contributed by atoms with Crippen molar-refractivity contribution in [2.24, 2.45) is 0 Å². The van der Waals surface area contributed by atoms with Crippen LogP contribution in [-0.2, 0) is 9.84 Å². The van der Waals surface area contributed by atoms with Crippen molar-refractivity contribution < 1.29 is 8.42 Å². The van der Waals surface area contributed by atoms with Gasteiger partial charge in [0.05, 0.1) is 4.90 Å². The lowest BCUT2D eigenvalue weighted by Gasteiger charge is -1.99. The van der Waals surface area contributed by atoms with Gasteiger partial charge in [-0.2, -0.15) is 4.37 Å². The van der Waals surface area contributed by atoms with Crippen molar-refractivity contribution in [1.82, 2.24) is 9.36 Å². The Labute approximate surface area is 84.3 Å². The zero-order valence-electron chi connectivity index (χ0n) is 6.84. The molecule has 0 atom stereocenters. The van der Waals surface area contributed by atoms with Crippen LogP contribution >= 0.6 is 11.5 Å². The van der Waals surface area contributed by atoms with E-state index in [0.717, 1.165) is 17.1 Å². The quantitative estimate of drug-likeness (QED) is 0.578. The van der Waals surface area contributed by atoms with Gasteiger partial charge in [0, 0.05) is 5.56 Å². The molecular weight excluding hydrogens is 220 g/mol.